The Kier molecular flexibility index (Phi) is 5.44. The SMILES string of the molecule is COCCNC(=O)Nc1ccsc1C(=O)OC. The van der Waals surface area contributed by atoms with E-state index in [1.54, 1.807) is 18.6 Å². The number of thiophene rings is 1. The van der Waals surface area contributed by atoms with Crippen molar-refractivity contribution in [2.45, 2.75) is 0 Å². The van der Waals surface area contributed by atoms with Crippen LogP contribution in [0, 0.1) is 0 Å². The Morgan fingerprint density at radius 3 is 2.82 bits per heavy atom. The maximum atomic E-state index is 11.4. The highest BCUT2D eigenvalue weighted by Gasteiger charge is 2.14. The number of urea groups is 1. The fourth-order valence-corrected chi connectivity index (χ4v) is 1.86. The van der Waals surface area contributed by atoms with E-state index in [0.717, 1.165) is 0 Å². The average Bonchev–Trinajstić information content (AvgIpc) is 2.76. The smallest absolute Gasteiger partial charge is 0.350 e. The lowest BCUT2D eigenvalue weighted by molar-refractivity contribution is 0.0607. The molecule has 0 saturated carbocycles. The zero-order valence-corrected chi connectivity index (χ0v) is 10.4. The predicted molar refractivity (Wildman–Crippen MR) is 64.6 cm³/mol. The summed E-state index contributed by atoms with van der Waals surface area (Å²) in [7, 11) is 2.85. The van der Waals surface area contributed by atoms with Gasteiger partial charge < -0.3 is 20.1 Å². The topological polar surface area (TPSA) is 76.7 Å². The second-order valence-electron chi connectivity index (χ2n) is 3.03. The third-order valence-electron chi connectivity index (χ3n) is 1.88. The summed E-state index contributed by atoms with van der Waals surface area (Å²) in [6, 6.07) is 1.26. The first-order chi connectivity index (χ1) is 8.19. The van der Waals surface area contributed by atoms with Gasteiger partial charge in [0.1, 0.15) is 4.88 Å². The molecule has 1 rings (SSSR count). The van der Waals surface area contributed by atoms with Gasteiger partial charge in [-0.15, -0.1) is 11.3 Å². The van der Waals surface area contributed by atoms with Crippen molar-refractivity contribution < 1.29 is 19.1 Å². The summed E-state index contributed by atoms with van der Waals surface area (Å²) in [4.78, 5) is 23.1. The van der Waals surface area contributed by atoms with Crippen LogP contribution in [0.15, 0.2) is 11.4 Å². The van der Waals surface area contributed by atoms with Crippen molar-refractivity contribution in [2.24, 2.45) is 0 Å². The predicted octanol–water partition coefficient (Wildman–Crippen LogP) is 1.30. The van der Waals surface area contributed by atoms with Crippen molar-refractivity contribution in [1.82, 2.24) is 5.32 Å². The highest BCUT2D eigenvalue weighted by Crippen LogP contribution is 2.22. The van der Waals surface area contributed by atoms with Crippen LogP contribution in [0.4, 0.5) is 10.5 Å². The lowest BCUT2D eigenvalue weighted by Crippen LogP contribution is -2.31. The van der Waals surface area contributed by atoms with Gasteiger partial charge in [0.25, 0.3) is 0 Å². The summed E-state index contributed by atoms with van der Waals surface area (Å²) in [5.74, 6) is -0.466. The number of methoxy groups -OCH3 is 2. The molecule has 6 nitrogen and oxygen atoms in total. The first kappa shape index (κ1) is 13.5. The van der Waals surface area contributed by atoms with Crippen molar-refractivity contribution in [3.63, 3.8) is 0 Å². The number of anilines is 1. The Morgan fingerprint density at radius 1 is 1.41 bits per heavy atom. The molecule has 0 radical (unpaired) electrons. The Morgan fingerprint density at radius 2 is 2.18 bits per heavy atom. The van der Waals surface area contributed by atoms with Crippen molar-refractivity contribution in [3.8, 4) is 0 Å². The highest BCUT2D eigenvalue weighted by molar-refractivity contribution is 7.12. The standard InChI is InChI=1S/C10H14N2O4S/c1-15-5-4-11-10(14)12-7-3-6-17-8(7)9(13)16-2/h3,6H,4-5H2,1-2H3,(H2,11,12,14). The Labute approximate surface area is 103 Å². The van der Waals surface area contributed by atoms with Gasteiger partial charge in [-0.05, 0) is 11.4 Å². The molecule has 17 heavy (non-hydrogen) atoms. The molecule has 0 atom stereocenters. The van der Waals surface area contributed by atoms with Crippen LogP contribution in [0.3, 0.4) is 0 Å². The lowest BCUT2D eigenvalue weighted by Gasteiger charge is -2.07. The van der Waals surface area contributed by atoms with Crippen LogP contribution in [0.25, 0.3) is 0 Å². The average molecular weight is 258 g/mol. The number of ether oxygens (including phenoxy) is 2. The van der Waals surface area contributed by atoms with Gasteiger partial charge in [0.15, 0.2) is 0 Å². The Balaban J connectivity index is 2.53. The molecular weight excluding hydrogens is 244 g/mol. The van der Waals surface area contributed by atoms with Gasteiger partial charge in [-0.2, -0.15) is 0 Å². The van der Waals surface area contributed by atoms with Gasteiger partial charge in [-0.1, -0.05) is 0 Å². The van der Waals surface area contributed by atoms with E-state index in [4.69, 9.17) is 4.74 Å². The van der Waals surface area contributed by atoms with E-state index >= 15 is 0 Å². The van der Waals surface area contributed by atoms with E-state index in [9.17, 15) is 9.59 Å². The molecule has 2 N–H and O–H groups in total. The Hall–Kier alpha value is -1.60. The molecule has 94 valence electrons. The number of carbonyl (C=O) groups excluding carboxylic acids is 2. The van der Waals surface area contributed by atoms with Crippen LogP contribution < -0.4 is 10.6 Å². The maximum absolute atomic E-state index is 11.4. The highest BCUT2D eigenvalue weighted by atomic mass is 32.1. The largest absolute Gasteiger partial charge is 0.465 e. The molecule has 0 fully saturated rings. The van der Waals surface area contributed by atoms with E-state index < -0.39 is 5.97 Å². The minimum absolute atomic E-state index is 0.370. The van der Waals surface area contributed by atoms with Crippen LogP contribution in [0.2, 0.25) is 0 Å². The molecular formula is C10H14N2O4S. The van der Waals surface area contributed by atoms with E-state index in [-0.39, 0.29) is 6.03 Å². The third kappa shape index (κ3) is 4.04. The summed E-state index contributed by atoms with van der Waals surface area (Å²) in [6.45, 7) is 0.834. The molecule has 0 aliphatic rings. The lowest BCUT2D eigenvalue weighted by atomic mass is 10.4. The molecule has 0 aliphatic heterocycles. The van der Waals surface area contributed by atoms with E-state index in [1.165, 1.54) is 18.4 Å². The van der Waals surface area contributed by atoms with Crippen LogP contribution in [-0.4, -0.2) is 39.4 Å². The molecule has 1 heterocycles. The molecule has 1 aromatic heterocycles. The summed E-state index contributed by atoms with van der Waals surface area (Å²) in [5, 5.41) is 6.86. The summed E-state index contributed by atoms with van der Waals surface area (Å²) >= 11 is 1.21. The van der Waals surface area contributed by atoms with Crippen LogP contribution in [0.1, 0.15) is 9.67 Å². The van der Waals surface area contributed by atoms with Gasteiger partial charge in [-0.3, -0.25) is 0 Å². The van der Waals surface area contributed by atoms with Crippen LogP contribution >= 0.6 is 11.3 Å². The normalized spacial score (nSPS) is 9.76. The van der Waals surface area contributed by atoms with E-state index in [0.29, 0.717) is 23.7 Å². The van der Waals surface area contributed by atoms with Gasteiger partial charge >= 0.3 is 12.0 Å². The second-order valence-corrected chi connectivity index (χ2v) is 3.94. The van der Waals surface area contributed by atoms with Crippen molar-refractivity contribution in [1.29, 1.82) is 0 Å². The van der Waals surface area contributed by atoms with Crippen molar-refractivity contribution in [2.75, 3.05) is 32.7 Å². The van der Waals surface area contributed by atoms with Crippen molar-refractivity contribution >= 4 is 29.0 Å². The number of nitrogens with one attached hydrogen (secondary N) is 2. The number of hydrogen-bond donors (Lipinski definition) is 2. The molecule has 0 aromatic carbocycles. The van der Waals surface area contributed by atoms with E-state index in [1.807, 2.05) is 0 Å². The van der Waals surface area contributed by atoms with Gasteiger partial charge in [-0.25, -0.2) is 9.59 Å². The van der Waals surface area contributed by atoms with Crippen LogP contribution in [0.5, 0.6) is 0 Å². The van der Waals surface area contributed by atoms with Gasteiger partial charge in [0, 0.05) is 13.7 Å². The number of amides is 2. The number of carbonyl (C=O) groups is 2. The minimum atomic E-state index is -0.466. The molecule has 1 aromatic rings. The number of hydrogen-bond acceptors (Lipinski definition) is 5. The minimum Gasteiger partial charge on any atom is -0.465 e. The summed E-state index contributed by atoms with van der Waals surface area (Å²) in [6.07, 6.45) is 0. The van der Waals surface area contributed by atoms with Gasteiger partial charge in [0.05, 0.1) is 19.4 Å². The molecule has 0 unspecified atom stereocenters. The summed E-state index contributed by atoms with van der Waals surface area (Å²) in [5.41, 5.74) is 0.441. The molecule has 0 saturated heterocycles. The second kappa shape index (κ2) is 6.87. The quantitative estimate of drug-likeness (QED) is 0.616. The fourth-order valence-electron chi connectivity index (χ4n) is 1.09. The Bertz CT molecular complexity index is 391. The summed E-state index contributed by atoms with van der Waals surface area (Å²) < 4.78 is 9.39. The molecule has 0 spiro atoms. The zero-order valence-electron chi connectivity index (χ0n) is 9.61. The molecule has 0 aliphatic carbocycles. The first-order valence-electron chi connectivity index (χ1n) is 4.88. The monoisotopic (exact) mass is 258 g/mol. The third-order valence-corrected chi connectivity index (χ3v) is 2.77. The zero-order chi connectivity index (χ0) is 12.7. The number of rotatable bonds is 5. The maximum Gasteiger partial charge on any atom is 0.350 e. The van der Waals surface area contributed by atoms with Crippen molar-refractivity contribution in [3.05, 3.63) is 16.3 Å². The number of esters is 1. The molecule has 7 heteroatoms. The fraction of sp³-hybridized carbons (Fsp3) is 0.400. The van der Waals surface area contributed by atoms with Gasteiger partial charge in [0.2, 0.25) is 0 Å². The van der Waals surface area contributed by atoms with Crippen LogP contribution in [-0.2, 0) is 9.47 Å². The molecule has 0 bridgehead atoms. The first-order valence-corrected chi connectivity index (χ1v) is 5.76. The van der Waals surface area contributed by atoms with E-state index in [2.05, 4.69) is 15.4 Å². The molecule has 2 amide bonds.